The summed E-state index contributed by atoms with van der Waals surface area (Å²) in [5.41, 5.74) is 0. The van der Waals surface area contributed by atoms with E-state index in [9.17, 15) is 4.79 Å². The number of amides is 1. The number of carbonyl (C=O) groups is 1. The quantitative estimate of drug-likeness (QED) is 0.592. The largest absolute Gasteiger partial charge is 0.340 e. The lowest BCUT2D eigenvalue weighted by Crippen LogP contribution is -2.31. The van der Waals surface area contributed by atoms with Gasteiger partial charge in [-0.25, -0.2) is 0 Å². The maximum Gasteiger partial charge on any atom is 0.225 e. The van der Waals surface area contributed by atoms with Gasteiger partial charge < -0.3 is 4.90 Å². The van der Waals surface area contributed by atoms with Gasteiger partial charge >= 0.3 is 0 Å². The highest BCUT2D eigenvalue weighted by molar-refractivity contribution is 5.80. The Balaban J connectivity index is 0.000000561. The molecule has 2 nitrogen and oxygen atoms in total. The predicted molar refractivity (Wildman–Crippen MR) is 52.0 cm³/mol. The van der Waals surface area contributed by atoms with Crippen LogP contribution in [0.2, 0.25) is 0 Å². The highest BCUT2D eigenvalue weighted by Gasteiger charge is 2.32. The van der Waals surface area contributed by atoms with Crippen molar-refractivity contribution in [3.05, 3.63) is 0 Å². The third kappa shape index (κ3) is 2.23. The standard InChI is InChI=1S/C8H15NO.C2H6/c1-4-9-7(3)5-6(2)8(9)10;1-2/h6-7H,4-5H2,1-3H3;1-2H3. The van der Waals surface area contributed by atoms with Crippen molar-refractivity contribution >= 4 is 5.91 Å². The second kappa shape index (κ2) is 5.18. The number of rotatable bonds is 1. The van der Waals surface area contributed by atoms with Gasteiger partial charge in [0, 0.05) is 18.5 Å². The molecule has 72 valence electrons. The summed E-state index contributed by atoms with van der Waals surface area (Å²) in [7, 11) is 0. The van der Waals surface area contributed by atoms with Crippen molar-refractivity contribution in [1.82, 2.24) is 4.90 Å². The summed E-state index contributed by atoms with van der Waals surface area (Å²) in [5, 5.41) is 0. The summed E-state index contributed by atoms with van der Waals surface area (Å²) in [4.78, 5) is 13.2. The lowest BCUT2D eigenvalue weighted by molar-refractivity contribution is -0.131. The Morgan fingerprint density at radius 3 is 2.08 bits per heavy atom. The van der Waals surface area contributed by atoms with Crippen LogP contribution in [0.1, 0.15) is 41.0 Å². The highest BCUT2D eigenvalue weighted by atomic mass is 16.2. The molecule has 1 heterocycles. The molecule has 12 heavy (non-hydrogen) atoms. The Labute approximate surface area is 75.9 Å². The van der Waals surface area contributed by atoms with Crippen LogP contribution in [0.15, 0.2) is 0 Å². The van der Waals surface area contributed by atoms with Crippen LogP contribution in [0.25, 0.3) is 0 Å². The van der Waals surface area contributed by atoms with Crippen molar-refractivity contribution in [2.45, 2.75) is 47.1 Å². The molecule has 1 rings (SSSR count). The van der Waals surface area contributed by atoms with E-state index in [1.807, 2.05) is 32.6 Å². The van der Waals surface area contributed by atoms with Gasteiger partial charge in [0.1, 0.15) is 0 Å². The summed E-state index contributed by atoms with van der Waals surface area (Å²) in [5.74, 6) is 0.588. The van der Waals surface area contributed by atoms with Gasteiger partial charge in [-0.3, -0.25) is 4.79 Å². The first kappa shape index (κ1) is 11.5. The summed E-state index contributed by atoms with van der Waals surface area (Å²) in [6.07, 6.45) is 1.03. The fourth-order valence-corrected chi connectivity index (χ4v) is 1.71. The molecule has 0 aromatic rings. The SMILES string of the molecule is CC.CCN1C(=O)C(C)CC1C. The number of hydrogen-bond donors (Lipinski definition) is 0. The molecule has 1 amide bonds. The Bertz CT molecular complexity index is 145. The Morgan fingerprint density at radius 1 is 1.42 bits per heavy atom. The fourth-order valence-electron chi connectivity index (χ4n) is 1.71. The molecule has 0 aliphatic carbocycles. The molecule has 2 unspecified atom stereocenters. The van der Waals surface area contributed by atoms with E-state index in [1.54, 1.807) is 0 Å². The molecule has 1 aliphatic rings. The Morgan fingerprint density at radius 2 is 1.92 bits per heavy atom. The zero-order valence-electron chi connectivity index (χ0n) is 8.92. The van der Waals surface area contributed by atoms with Crippen LogP contribution in [-0.2, 0) is 4.79 Å². The van der Waals surface area contributed by atoms with Gasteiger partial charge in [-0.05, 0) is 20.3 Å². The third-order valence-electron chi connectivity index (χ3n) is 2.27. The van der Waals surface area contributed by atoms with E-state index in [-0.39, 0.29) is 5.92 Å². The second-order valence-corrected chi connectivity index (χ2v) is 3.11. The lowest BCUT2D eigenvalue weighted by atomic mass is 10.1. The maximum atomic E-state index is 11.3. The van der Waals surface area contributed by atoms with E-state index in [0.29, 0.717) is 11.9 Å². The first-order valence-electron chi connectivity index (χ1n) is 4.97. The van der Waals surface area contributed by atoms with Crippen molar-refractivity contribution in [3.8, 4) is 0 Å². The third-order valence-corrected chi connectivity index (χ3v) is 2.27. The van der Waals surface area contributed by atoms with Crippen molar-refractivity contribution < 1.29 is 4.79 Å². The van der Waals surface area contributed by atoms with Gasteiger partial charge in [-0.15, -0.1) is 0 Å². The molecule has 0 aromatic heterocycles. The molecule has 0 saturated carbocycles. The number of nitrogens with zero attached hydrogens (tertiary/aromatic N) is 1. The number of carbonyl (C=O) groups excluding carboxylic acids is 1. The zero-order valence-corrected chi connectivity index (χ0v) is 8.92. The van der Waals surface area contributed by atoms with Crippen LogP contribution in [0.5, 0.6) is 0 Å². The van der Waals surface area contributed by atoms with E-state index in [1.165, 1.54) is 0 Å². The predicted octanol–water partition coefficient (Wildman–Crippen LogP) is 2.29. The molecule has 2 heteroatoms. The molecule has 0 spiro atoms. The monoisotopic (exact) mass is 171 g/mol. The molecule has 0 aromatic carbocycles. The zero-order chi connectivity index (χ0) is 9.72. The molecule has 1 aliphatic heterocycles. The van der Waals surface area contributed by atoms with Crippen LogP contribution in [0.3, 0.4) is 0 Å². The fraction of sp³-hybridized carbons (Fsp3) is 0.900. The van der Waals surface area contributed by atoms with Gasteiger partial charge in [0.2, 0.25) is 5.91 Å². The Kier molecular flexibility index (Phi) is 4.95. The average molecular weight is 171 g/mol. The number of likely N-dealkylation sites (tertiary alicyclic amines) is 1. The van der Waals surface area contributed by atoms with Crippen molar-refractivity contribution in [3.63, 3.8) is 0 Å². The van der Waals surface area contributed by atoms with Gasteiger partial charge in [0.05, 0.1) is 0 Å². The van der Waals surface area contributed by atoms with Crippen LogP contribution < -0.4 is 0 Å². The minimum Gasteiger partial charge on any atom is -0.340 e. The lowest BCUT2D eigenvalue weighted by Gasteiger charge is -2.18. The van der Waals surface area contributed by atoms with Gasteiger partial charge in [0.25, 0.3) is 0 Å². The highest BCUT2D eigenvalue weighted by Crippen LogP contribution is 2.22. The summed E-state index contributed by atoms with van der Waals surface area (Å²) >= 11 is 0. The normalized spacial score (nSPS) is 28.4. The molecular weight excluding hydrogens is 150 g/mol. The average Bonchev–Trinajstić information content (AvgIpc) is 2.31. The first-order chi connectivity index (χ1) is 5.66. The first-order valence-corrected chi connectivity index (χ1v) is 4.97. The van der Waals surface area contributed by atoms with Crippen LogP contribution in [0, 0.1) is 5.92 Å². The molecule has 0 bridgehead atoms. The van der Waals surface area contributed by atoms with Gasteiger partial charge in [-0.2, -0.15) is 0 Å². The van der Waals surface area contributed by atoms with Gasteiger partial charge in [-0.1, -0.05) is 20.8 Å². The molecule has 2 atom stereocenters. The van der Waals surface area contributed by atoms with Gasteiger partial charge in [0.15, 0.2) is 0 Å². The molecule has 1 fully saturated rings. The van der Waals surface area contributed by atoms with Crippen LogP contribution in [0.4, 0.5) is 0 Å². The molecular formula is C10H21NO. The second-order valence-electron chi connectivity index (χ2n) is 3.11. The van der Waals surface area contributed by atoms with E-state index >= 15 is 0 Å². The van der Waals surface area contributed by atoms with E-state index in [4.69, 9.17) is 0 Å². The summed E-state index contributed by atoms with van der Waals surface area (Å²) in [6, 6.07) is 0.465. The van der Waals surface area contributed by atoms with E-state index < -0.39 is 0 Å². The van der Waals surface area contributed by atoms with E-state index in [0.717, 1.165) is 13.0 Å². The number of hydrogen-bond acceptors (Lipinski definition) is 1. The Hall–Kier alpha value is -0.530. The minimum absolute atomic E-state index is 0.259. The van der Waals surface area contributed by atoms with Crippen LogP contribution in [-0.4, -0.2) is 23.4 Å². The minimum atomic E-state index is 0.259. The summed E-state index contributed by atoms with van der Waals surface area (Å²) in [6.45, 7) is 11.0. The van der Waals surface area contributed by atoms with Crippen molar-refractivity contribution in [2.24, 2.45) is 5.92 Å². The molecule has 0 radical (unpaired) electrons. The topological polar surface area (TPSA) is 20.3 Å². The molecule has 0 N–H and O–H groups in total. The van der Waals surface area contributed by atoms with Crippen LogP contribution >= 0.6 is 0 Å². The van der Waals surface area contributed by atoms with Crippen molar-refractivity contribution in [2.75, 3.05) is 6.54 Å². The molecule has 1 saturated heterocycles. The summed E-state index contributed by atoms with van der Waals surface area (Å²) < 4.78 is 0. The smallest absolute Gasteiger partial charge is 0.225 e. The van der Waals surface area contributed by atoms with E-state index in [2.05, 4.69) is 6.92 Å². The van der Waals surface area contributed by atoms with Crippen molar-refractivity contribution in [1.29, 1.82) is 0 Å². The maximum absolute atomic E-state index is 11.3.